The molecule has 0 fully saturated rings. The van der Waals surface area contributed by atoms with Gasteiger partial charge in [-0.3, -0.25) is 4.79 Å². The molecular formula is C13H17NO. The van der Waals surface area contributed by atoms with E-state index < -0.39 is 0 Å². The van der Waals surface area contributed by atoms with Crippen molar-refractivity contribution in [2.24, 2.45) is 5.92 Å². The molecule has 0 aliphatic carbocycles. The van der Waals surface area contributed by atoms with Crippen molar-refractivity contribution in [3.63, 3.8) is 0 Å². The second-order valence-corrected chi connectivity index (χ2v) is 3.95. The Morgan fingerprint density at radius 1 is 1.47 bits per heavy atom. The van der Waals surface area contributed by atoms with Crippen molar-refractivity contribution < 1.29 is 4.79 Å². The summed E-state index contributed by atoms with van der Waals surface area (Å²) in [6.07, 6.45) is 2.25. The van der Waals surface area contributed by atoms with Gasteiger partial charge in [-0.05, 0) is 30.0 Å². The predicted molar refractivity (Wildman–Crippen MR) is 63.8 cm³/mol. The van der Waals surface area contributed by atoms with Gasteiger partial charge >= 0.3 is 0 Å². The van der Waals surface area contributed by atoms with Gasteiger partial charge in [-0.25, -0.2) is 0 Å². The Morgan fingerprint density at radius 2 is 2.13 bits per heavy atom. The standard InChI is InChI=1S/C13H17NO/c1-4-13(15)14-12-8-6-5-7-11(12)9-10(2)3/h4-8,10H,1,9H2,2-3H3,(H,14,15). The van der Waals surface area contributed by atoms with Crippen LogP contribution >= 0.6 is 0 Å². The molecule has 0 saturated heterocycles. The molecule has 0 spiro atoms. The molecule has 2 heteroatoms. The van der Waals surface area contributed by atoms with E-state index in [4.69, 9.17) is 0 Å². The molecule has 1 aromatic carbocycles. The molecule has 0 aliphatic heterocycles. The van der Waals surface area contributed by atoms with E-state index in [0.29, 0.717) is 5.92 Å². The SMILES string of the molecule is C=CC(=O)Nc1ccccc1CC(C)C. The molecule has 0 bridgehead atoms. The van der Waals surface area contributed by atoms with Gasteiger partial charge in [0.2, 0.25) is 5.91 Å². The van der Waals surface area contributed by atoms with Gasteiger partial charge < -0.3 is 5.32 Å². The fraction of sp³-hybridized carbons (Fsp3) is 0.308. The summed E-state index contributed by atoms with van der Waals surface area (Å²) in [6, 6.07) is 7.86. The fourth-order valence-electron chi connectivity index (χ4n) is 1.44. The molecule has 80 valence electrons. The van der Waals surface area contributed by atoms with Crippen molar-refractivity contribution in [1.29, 1.82) is 0 Å². The lowest BCUT2D eigenvalue weighted by atomic mass is 10.0. The van der Waals surface area contributed by atoms with Crippen LogP contribution in [0.25, 0.3) is 0 Å². The number of amides is 1. The Morgan fingerprint density at radius 3 is 2.73 bits per heavy atom. The van der Waals surface area contributed by atoms with E-state index in [9.17, 15) is 4.79 Å². The largest absolute Gasteiger partial charge is 0.322 e. The zero-order chi connectivity index (χ0) is 11.3. The van der Waals surface area contributed by atoms with Crippen molar-refractivity contribution in [3.8, 4) is 0 Å². The van der Waals surface area contributed by atoms with Crippen molar-refractivity contribution in [2.75, 3.05) is 5.32 Å². The van der Waals surface area contributed by atoms with Gasteiger partial charge in [0.15, 0.2) is 0 Å². The zero-order valence-electron chi connectivity index (χ0n) is 9.29. The first-order chi connectivity index (χ1) is 7.13. The van der Waals surface area contributed by atoms with Crippen molar-refractivity contribution >= 4 is 11.6 Å². The number of carbonyl (C=O) groups is 1. The fourth-order valence-corrected chi connectivity index (χ4v) is 1.44. The average Bonchev–Trinajstić information content (AvgIpc) is 2.20. The predicted octanol–water partition coefficient (Wildman–Crippen LogP) is 3.01. The zero-order valence-corrected chi connectivity index (χ0v) is 9.29. The normalized spacial score (nSPS) is 10.1. The van der Waals surface area contributed by atoms with Crippen LogP contribution in [0.2, 0.25) is 0 Å². The maximum absolute atomic E-state index is 11.2. The second-order valence-electron chi connectivity index (χ2n) is 3.95. The van der Waals surface area contributed by atoms with Gasteiger partial charge in [0.1, 0.15) is 0 Å². The minimum absolute atomic E-state index is 0.161. The van der Waals surface area contributed by atoms with E-state index in [2.05, 4.69) is 25.7 Å². The highest BCUT2D eigenvalue weighted by atomic mass is 16.1. The van der Waals surface area contributed by atoms with Crippen LogP contribution in [0.3, 0.4) is 0 Å². The van der Waals surface area contributed by atoms with E-state index in [-0.39, 0.29) is 5.91 Å². The quantitative estimate of drug-likeness (QED) is 0.749. The van der Waals surface area contributed by atoms with Crippen LogP contribution < -0.4 is 5.32 Å². The van der Waals surface area contributed by atoms with Gasteiger partial charge in [0, 0.05) is 5.69 Å². The number of para-hydroxylation sites is 1. The topological polar surface area (TPSA) is 29.1 Å². The highest BCUT2D eigenvalue weighted by molar-refractivity contribution is 5.99. The molecular weight excluding hydrogens is 186 g/mol. The van der Waals surface area contributed by atoms with Crippen LogP contribution in [0.4, 0.5) is 5.69 Å². The summed E-state index contributed by atoms with van der Waals surface area (Å²) in [5, 5.41) is 2.81. The van der Waals surface area contributed by atoms with E-state index in [1.54, 1.807) is 0 Å². The molecule has 1 amide bonds. The lowest BCUT2D eigenvalue weighted by molar-refractivity contribution is -0.111. The first-order valence-corrected chi connectivity index (χ1v) is 5.14. The Kier molecular flexibility index (Phi) is 4.10. The third kappa shape index (κ3) is 3.58. The monoisotopic (exact) mass is 203 g/mol. The van der Waals surface area contributed by atoms with Crippen LogP contribution in [0.1, 0.15) is 19.4 Å². The molecule has 0 radical (unpaired) electrons. The van der Waals surface area contributed by atoms with Crippen molar-refractivity contribution in [2.45, 2.75) is 20.3 Å². The number of benzene rings is 1. The minimum Gasteiger partial charge on any atom is -0.322 e. The molecule has 0 aliphatic rings. The summed E-state index contributed by atoms with van der Waals surface area (Å²) in [4.78, 5) is 11.2. The second kappa shape index (κ2) is 5.35. The Bertz CT molecular complexity index is 355. The molecule has 0 saturated carbocycles. The molecule has 1 N–H and O–H groups in total. The summed E-state index contributed by atoms with van der Waals surface area (Å²) >= 11 is 0. The van der Waals surface area contributed by atoms with E-state index in [1.165, 1.54) is 11.6 Å². The average molecular weight is 203 g/mol. The minimum atomic E-state index is -0.161. The van der Waals surface area contributed by atoms with Crippen molar-refractivity contribution in [3.05, 3.63) is 42.5 Å². The summed E-state index contributed by atoms with van der Waals surface area (Å²) < 4.78 is 0. The van der Waals surface area contributed by atoms with E-state index >= 15 is 0 Å². The lowest BCUT2D eigenvalue weighted by Gasteiger charge is -2.11. The first-order valence-electron chi connectivity index (χ1n) is 5.14. The lowest BCUT2D eigenvalue weighted by Crippen LogP contribution is -2.10. The molecule has 0 unspecified atom stereocenters. The van der Waals surface area contributed by atoms with Crippen LogP contribution in [-0.2, 0) is 11.2 Å². The third-order valence-electron chi connectivity index (χ3n) is 2.09. The maximum atomic E-state index is 11.2. The number of hydrogen-bond donors (Lipinski definition) is 1. The highest BCUT2D eigenvalue weighted by Crippen LogP contribution is 2.18. The Hall–Kier alpha value is -1.57. The maximum Gasteiger partial charge on any atom is 0.247 e. The van der Waals surface area contributed by atoms with E-state index in [1.807, 2.05) is 24.3 Å². The molecule has 15 heavy (non-hydrogen) atoms. The van der Waals surface area contributed by atoms with Crippen LogP contribution in [0, 0.1) is 5.92 Å². The highest BCUT2D eigenvalue weighted by Gasteiger charge is 2.05. The van der Waals surface area contributed by atoms with Crippen LogP contribution in [0.15, 0.2) is 36.9 Å². The number of rotatable bonds is 4. The summed E-state index contributed by atoms with van der Waals surface area (Å²) in [5.41, 5.74) is 2.05. The summed E-state index contributed by atoms with van der Waals surface area (Å²) in [5.74, 6) is 0.415. The molecule has 1 aromatic rings. The Labute approximate surface area is 91.0 Å². The van der Waals surface area contributed by atoms with Gasteiger partial charge in [-0.15, -0.1) is 0 Å². The van der Waals surface area contributed by atoms with E-state index in [0.717, 1.165) is 12.1 Å². The van der Waals surface area contributed by atoms with Crippen LogP contribution in [-0.4, -0.2) is 5.91 Å². The smallest absolute Gasteiger partial charge is 0.247 e. The van der Waals surface area contributed by atoms with Gasteiger partial charge in [-0.2, -0.15) is 0 Å². The summed E-state index contributed by atoms with van der Waals surface area (Å²) in [7, 11) is 0. The third-order valence-corrected chi connectivity index (χ3v) is 2.09. The number of carbonyl (C=O) groups excluding carboxylic acids is 1. The Balaban J connectivity index is 2.85. The molecule has 2 nitrogen and oxygen atoms in total. The summed E-state index contributed by atoms with van der Waals surface area (Å²) in [6.45, 7) is 7.75. The van der Waals surface area contributed by atoms with Gasteiger partial charge in [0.25, 0.3) is 0 Å². The molecule has 0 aromatic heterocycles. The van der Waals surface area contributed by atoms with Crippen molar-refractivity contribution in [1.82, 2.24) is 0 Å². The number of hydrogen-bond acceptors (Lipinski definition) is 1. The van der Waals surface area contributed by atoms with Gasteiger partial charge in [0.05, 0.1) is 0 Å². The van der Waals surface area contributed by atoms with Crippen LogP contribution in [0.5, 0.6) is 0 Å². The molecule has 0 heterocycles. The molecule has 0 atom stereocenters. The first kappa shape index (κ1) is 11.5. The number of anilines is 1. The molecule has 1 rings (SSSR count). The number of nitrogens with one attached hydrogen (secondary N) is 1. The van der Waals surface area contributed by atoms with Gasteiger partial charge in [-0.1, -0.05) is 38.6 Å².